The van der Waals surface area contributed by atoms with Gasteiger partial charge in [-0.1, -0.05) is 18.5 Å². The summed E-state index contributed by atoms with van der Waals surface area (Å²) in [4.78, 5) is 4.45. The summed E-state index contributed by atoms with van der Waals surface area (Å²) in [6.07, 6.45) is 0.866. The minimum Gasteiger partial charge on any atom is -0.384 e. The maximum Gasteiger partial charge on any atom is 0.126 e. The zero-order chi connectivity index (χ0) is 13.3. The fourth-order valence-corrected chi connectivity index (χ4v) is 2.58. The molecular formula is C14H16ClFN2. The van der Waals surface area contributed by atoms with Crippen LogP contribution in [0, 0.1) is 12.7 Å². The standard InChI is InChI=1S/C14H16ClFN2/c1-4-10-8(3)18-12-7-9(16)6-11(15)13(12)14(10)17-5-2/h6-7H,4-5H2,1-3H3,(H,17,18). The third kappa shape index (κ3) is 2.15. The van der Waals surface area contributed by atoms with Crippen molar-refractivity contribution in [1.82, 2.24) is 4.98 Å². The minimum absolute atomic E-state index is 0.355. The molecular weight excluding hydrogens is 251 g/mol. The van der Waals surface area contributed by atoms with Gasteiger partial charge in [-0.2, -0.15) is 0 Å². The van der Waals surface area contributed by atoms with Gasteiger partial charge < -0.3 is 5.32 Å². The molecule has 0 fully saturated rings. The van der Waals surface area contributed by atoms with Crippen molar-refractivity contribution in [3.8, 4) is 0 Å². The summed E-state index contributed by atoms with van der Waals surface area (Å²) in [6.45, 7) is 6.84. The average molecular weight is 267 g/mol. The van der Waals surface area contributed by atoms with Gasteiger partial charge in [-0.3, -0.25) is 4.98 Å². The number of halogens is 2. The Balaban J connectivity index is 2.87. The molecule has 2 rings (SSSR count). The molecule has 0 aliphatic rings. The lowest BCUT2D eigenvalue weighted by molar-refractivity contribution is 0.629. The molecule has 1 aromatic carbocycles. The van der Waals surface area contributed by atoms with Gasteiger partial charge in [0.25, 0.3) is 0 Å². The molecule has 1 N–H and O–H groups in total. The van der Waals surface area contributed by atoms with Gasteiger partial charge in [0.1, 0.15) is 5.82 Å². The first kappa shape index (κ1) is 13.1. The SMILES string of the molecule is CCNc1c(CC)c(C)nc2cc(F)cc(Cl)c12. The van der Waals surface area contributed by atoms with E-state index >= 15 is 0 Å². The van der Waals surface area contributed by atoms with Crippen LogP contribution in [0.25, 0.3) is 10.9 Å². The average Bonchev–Trinajstić information content (AvgIpc) is 2.28. The smallest absolute Gasteiger partial charge is 0.126 e. The first-order valence-corrected chi connectivity index (χ1v) is 6.48. The summed E-state index contributed by atoms with van der Waals surface area (Å²) < 4.78 is 13.4. The van der Waals surface area contributed by atoms with Crippen molar-refractivity contribution in [3.05, 3.63) is 34.2 Å². The van der Waals surface area contributed by atoms with Crippen molar-refractivity contribution in [2.45, 2.75) is 27.2 Å². The Morgan fingerprint density at radius 3 is 2.67 bits per heavy atom. The van der Waals surface area contributed by atoms with Crippen molar-refractivity contribution in [3.63, 3.8) is 0 Å². The van der Waals surface area contributed by atoms with Crippen LogP contribution in [-0.4, -0.2) is 11.5 Å². The predicted octanol–water partition coefficient (Wildman–Crippen LogP) is 4.33. The van der Waals surface area contributed by atoms with Crippen molar-refractivity contribution in [2.24, 2.45) is 0 Å². The number of aromatic nitrogens is 1. The number of pyridine rings is 1. The van der Waals surface area contributed by atoms with Gasteiger partial charge in [0, 0.05) is 23.7 Å². The van der Waals surface area contributed by atoms with Crippen molar-refractivity contribution in [1.29, 1.82) is 0 Å². The lowest BCUT2D eigenvalue weighted by atomic mass is 10.0. The van der Waals surface area contributed by atoms with Crippen LogP contribution in [0.1, 0.15) is 25.1 Å². The lowest BCUT2D eigenvalue weighted by Crippen LogP contribution is -2.05. The molecule has 2 nitrogen and oxygen atoms in total. The molecule has 0 saturated carbocycles. The van der Waals surface area contributed by atoms with Gasteiger partial charge in [-0.05, 0) is 31.9 Å². The zero-order valence-electron chi connectivity index (χ0n) is 10.8. The van der Waals surface area contributed by atoms with Crippen molar-refractivity contribution < 1.29 is 4.39 Å². The lowest BCUT2D eigenvalue weighted by Gasteiger charge is -2.16. The summed E-state index contributed by atoms with van der Waals surface area (Å²) in [5.74, 6) is -0.355. The molecule has 0 unspecified atom stereocenters. The van der Waals surface area contributed by atoms with Gasteiger partial charge in [0.2, 0.25) is 0 Å². The first-order valence-electron chi connectivity index (χ1n) is 6.10. The Morgan fingerprint density at radius 2 is 2.06 bits per heavy atom. The number of aryl methyl sites for hydroxylation is 1. The zero-order valence-corrected chi connectivity index (χ0v) is 11.5. The maximum atomic E-state index is 13.4. The summed E-state index contributed by atoms with van der Waals surface area (Å²) >= 11 is 6.16. The Kier molecular flexibility index (Phi) is 3.71. The van der Waals surface area contributed by atoms with Crippen LogP contribution in [-0.2, 0) is 6.42 Å². The van der Waals surface area contributed by atoms with E-state index in [2.05, 4.69) is 17.2 Å². The van der Waals surface area contributed by atoms with Gasteiger partial charge in [-0.25, -0.2) is 4.39 Å². The molecule has 0 spiro atoms. The second kappa shape index (κ2) is 5.11. The third-order valence-corrected chi connectivity index (χ3v) is 3.32. The van der Waals surface area contributed by atoms with Crippen LogP contribution in [0.2, 0.25) is 5.02 Å². The number of hydrogen-bond acceptors (Lipinski definition) is 2. The highest BCUT2D eigenvalue weighted by atomic mass is 35.5. The minimum atomic E-state index is -0.355. The summed E-state index contributed by atoms with van der Waals surface area (Å²) in [5.41, 5.74) is 3.64. The van der Waals surface area contributed by atoms with Crippen LogP contribution in [0.4, 0.5) is 10.1 Å². The largest absolute Gasteiger partial charge is 0.384 e. The van der Waals surface area contributed by atoms with Crippen LogP contribution < -0.4 is 5.32 Å². The van der Waals surface area contributed by atoms with E-state index in [1.165, 1.54) is 12.1 Å². The van der Waals surface area contributed by atoms with Gasteiger partial charge >= 0.3 is 0 Å². The highest BCUT2D eigenvalue weighted by molar-refractivity contribution is 6.36. The van der Waals surface area contributed by atoms with Gasteiger partial charge in [0.15, 0.2) is 0 Å². The second-order valence-electron chi connectivity index (χ2n) is 4.22. The molecule has 18 heavy (non-hydrogen) atoms. The number of anilines is 1. The number of hydrogen-bond donors (Lipinski definition) is 1. The van der Waals surface area contributed by atoms with Crippen molar-refractivity contribution >= 4 is 28.2 Å². The highest BCUT2D eigenvalue weighted by Crippen LogP contribution is 2.34. The first-order chi connectivity index (χ1) is 8.58. The van der Waals surface area contributed by atoms with Crippen LogP contribution in [0.15, 0.2) is 12.1 Å². The van der Waals surface area contributed by atoms with Gasteiger partial charge in [-0.15, -0.1) is 0 Å². The number of benzene rings is 1. The van der Waals surface area contributed by atoms with Crippen LogP contribution in [0.5, 0.6) is 0 Å². The Hall–Kier alpha value is -1.35. The molecule has 0 amide bonds. The molecule has 0 aliphatic carbocycles. The molecule has 1 heterocycles. The molecule has 0 bridgehead atoms. The summed E-state index contributed by atoms with van der Waals surface area (Å²) in [6, 6.07) is 2.76. The fourth-order valence-electron chi connectivity index (χ4n) is 2.28. The van der Waals surface area contributed by atoms with E-state index < -0.39 is 0 Å². The molecule has 1 aromatic heterocycles. The molecule has 2 aromatic rings. The molecule has 96 valence electrons. The van der Waals surface area contributed by atoms with Crippen molar-refractivity contribution in [2.75, 3.05) is 11.9 Å². The van der Waals surface area contributed by atoms with Crippen LogP contribution in [0.3, 0.4) is 0 Å². The van der Waals surface area contributed by atoms with E-state index in [1.54, 1.807) is 0 Å². The predicted molar refractivity (Wildman–Crippen MR) is 75.0 cm³/mol. The van der Waals surface area contributed by atoms with E-state index in [9.17, 15) is 4.39 Å². The maximum absolute atomic E-state index is 13.4. The molecule has 0 aliphatic heterocycles. The summed E-state index contributed by atoms with van der Waals surface area (Å²) in [5, 5.41) is 4.54. The number of fused-ring (bicyclic) bond motifs is 1. The van der Waals surface area contributed by atoms with E-state index in [0.29, 0.717) is 10.5 Å². The normalized spacial score (nSPS) is 10.9. The Bertz CT molecular complexity index is 596. The molecule has 0 atom stereocenters. The second-order valence-corrected chi connectivity index (χ2v) is 4.62. The molecule has 4 heteroatoms. The topological polar surface area (TPSA) is 24.9 Å². The third-order valence-electron chi connectivity index (χ3n) is 3.02. The van der Waals surface area contributed by atoms with E-state index in [-0.39, 0.29) is 5.82 Å². The number of nitrogens with one attached hydrogen (secondary N) is 1. The van der Waals surface area contributed by atoms with E-state index in [4.69, 9.17) is 11.6 Å². The van der Waals surface area contributed by atoms with Crippen LogP contribution >= 0.6 is 11.6 Å². The monoisotopic (exact) mass is 266 g/mol. The molecule has 0 saturated heterocycles. The number of rotatable bonds is 3. The summed E-state index contributed by atoms with van der Waals surface area (Å²) in [7, 11) is 0. The number of nitrogens with zero attached hydrogens (tertiary/aromatic N) is 1. The quantitative estimate of drug-likeness (QED) is 0.894. The van der Waals surface area contributed by atoms with E-state index in [0.717, 1.165) is 35.3 Å². The Morgan fingerprint density at radius 1 is 1.33 bits per heavy atom. The highest BCUT2D eigenvalue weighted by Gasteiger charge is 2.14. The van der Waals surface area contributed by atoms with E-state index in [1.807, 2.05) is 13.8 Å². The van der Waals surface area contributed by atoms with Gasteiger partial charge in [0.05, 0.1) is 16.2 Å². The fraction of sp³-hybridized carbons (Fsp3) is 0.357. The molecule has 0 radical (unpaired) electrons. The Labute approximate surface area is 111 Å².